The Balaban J connectivity index is 2.57. The van der Waals surface area contributed by atoms with Crippen LogP contribution in [0.4, 0.5) is 0 Å². The van der Waals surface area contributed by atoms with E-state index in [0.717, 1.165) is 0 Å². The molecular formula is C11H11NO2. The lowest BCUT2D eigenvalue weighted by molar-refractivity contribution is -0.130. The average molecular weight is 189 g/mol. The minimum atomic E-state index is -0.469. The van der Waals surface area contributed by atoms with E-state index >= 15 is 0 Å². The quantitative estimate of drug-likeness (QED) is 0.413. The summed E-state index contributed by atoms with van der Waals surface area (Å²) in [6.07, 6.45) is 3.58. The lowest BCUT2D eigenvalue weighted by Gasteiger charge is -2.02. The van der Waals surface area contributed by atoms with Gasteiger partial charge < -0.3 is 4.74 Å². The average Bonchev–Trinajstić information content (AvgIpc) is 2.19. The normalized spacial score (nSPS) is 9.14. The number of nitrogens with zero attached hydrogens (tertiary/aromatic N) is 1. The summed E-state index contributed by atoms with van der Waals surface area (Å²) in [4.78, 5) is 15.1. The van der Waals surface area contributed by atoms with Crippen LogP contribution in [0.15, 0.2) is 49.2 Å². The Labute approximate surface area is 82.7 Å². The van der Waals surface area contributed by atoms with Gasteiger partial charge in [0.25, 0.3) is 0 Å². The minimum absolute atomic E-state index is 0.280. The zero-order valence-electron chi connectivity index (χ0n) is 7.77. The first-order chi connectivity index (χ1) is 6.74. The first-order valence-corrected chi connectivity index (χ1v) is 4.16. The summed E-state index contributed by atoms with van der Waals surface area (Å²) < 4.78 is 4.93. The van der Waals surface area contributed by atoms with Gasteiger partial charge in [0.1, 0.15) is 0 Å². The van der Waals surface area contributed by atoms with Crippen LogP contribution in [0, 0.1) is 0 Å². The highest BCUT2D eigenvalue weighted by Crippen LogP contribution is 2.08. The number of carbonyl (C=O) groups is 1. The number of pyridine rings is 1. The highest BCUT2D eigenvalue weighted by atomic mass is 16.5. The van der Waals surface area contributed by atoms with Crippen LogP contribution in [0.1, 0.15) is 6.42 Å². The molecule has 72 valence electrons. The van der Waals surface area contributed by atoms with Crippen molar-refractivity contribution in [3.05, 3.63) is 49.2 Å². The molecule has 0 aromatic carbocycles. The number of rotatable bonds is 4. The molecular weight excluding hydrogens is 178 g/mol. The third-order valence-electron chi connectivity index (χ3n) is 1.51. The van der Waals surface area contributed by atoms with Gasteiger partial charge in [-0.25, -0.2) is 9.78 Å². The standard InChI is InChI=1S/C11H11NO2/c1-3-6-9(2)11(13)14-10-7-4-5-8-12-10/h3-5,7-8H,1-2,6H2. The highest BCUT2D eigenvalue weighted by Gasteiger charge is 2.08. The van der Waals surface area contributed by atoms with Crippen molar-refractivity contribution in [2.75, 3.05) is 0 Å². The zero-order chi connectivity index (χ0) is 10.4. The molecule has 3 heteroatoms. The molecule has 0 saturated heterocycles. The fourth-order valence-corrected chi connectivity index (χ4v) is 0.832. The molecule has 3 nitrogen and oxygen atoms in total. The summed E-state index contributed by atoms with van der Waals surface area (Å²) in [5.74, 6) is -0.189. The Kier molecular flexibility index (Phi) is 3.61. The van der Waals surface area contributed by atoms with Crippen LogP contribution in [0.5, 0.6) is 5.88 Å². The summed E-state index contributed by atoms with van der Waals surface area (Å²) in [6, 6.07) is 5.10. The maximum Gasteiger partial charge on any atom is 0.340 e. The SMILES string of the molecule is C=CCC(=C)C(=O)Oc1ccccn1. The maximum absolute atomic E-state index is 11.3. The Morgan fingerprint density at radius 1 is 1.57 bits per heavy atom. The molecule has 0 aliphatic heterocycles. The number of carbonyl (C=O) groups excluding carboxylic acids is 1. The molecule has 14 heavy (non-hydrogen) atoms. The number of allylic oxidation sites excluding steroid dienone is 1. The molecule has 0 atom stereocenters. The van der Waals surface area contributed by atoms with E-state index in [-0.39, 0.29) is 5.88 Å². The number of esters is 1. The van der Waals surface area contributed by atoms with E-state index in [1.54, 1.807) is 30.5 Å². The van der Waals surface area contributed by atoms with Gasteiger partial charge in [-0.2, -0.15) is 0 Å². The van der Waals surface area contributed by atoms with Gasteiger partial charge in [-0.15, -0.1) is 6.58 Å². The fourth-order valence-electron chi connectivity index (χ4n) is 0.832. The van der Waals surface area contributed by atoms with Crippen molar-refractivity contribution in [1.29, 1.82) is 0 Å². The number of aromatic nitrogens is 1. The summed E-state index contributed by atoms with van der Waals surface area (Å²) >= 11 is 0. The Morgan fingerprint density at radius 3 is 2.93 bits per heavy atom. The first-order valence-electron chi connectivity index (χ1n) is 4.16. The van der Waals surface area contributed by atoms with Crippen molar-refractivity contribution in [2.24, 2.45) is 0 Å². The summed E-state index contributed by atoms with van der Waals surface area (Å²) in [5, 5.41) is 0. The van der Waals surface area contributed by atoms with E-state index in [1.807, 2.05) is 0 Å². The molecule has 0 amide bonds. The molecule has 1 rings (SSSR count). The number of ether oxygens (including phenoxy) is 1. The van der Waals surface area contributed by atoms with Crippen LogP contribution in [0.25, 0.3) is 0 Å². The van der Waals surface area contributed by atoms with Crippen molar-refractivity contribution in [3.8, 4) is 5.88 Å². The van der Waals surface area contributed by atoms with Crippen molar-refractivity contribution >= 4 is 5.97 Å². The minimum Gasteiger partial charge on any atom is -0.404 e. The predicted molar refractivity (Wildman–Crippen MR) is 53.8 cm³/mol. The maximum atomic E-state index is 11.3. The highest BCUT2D eigenvalue weighted by molar-refractivity contribution is 5.89. The Bertz CT molecular complexity index is 344. The molecule has 0 N–H and O–H groups in total. The van der Waals surface area contributed by atoms with E-state index < -0.39 is 5.97 Å². The summed E-state index contributed by atoms with van der Waals surface area (Å²) in [6.45, 7) is 7.07. The Morgan fingerprint density at radius 2 is 2.36 bits per heavy atom. The van der Waals surface area contributed by atoms with E-state index in [2.05, 4.69) is 18.1 Å². The van der Waals surface area contributed by atoms with Gasteiger partial charge in [0.2, 0.25) is 5.88 Å². The van der Waals surface area contributed by atoms with Crippen LogP contribution < -0.4 is 4.74 Å². The Hall–Kier alpha value is -1.90. The predicted octanol–water partition coefficient (Wildman–Crippen LogP) is 2.12. The second kappa shape index (κ2) is 4.97. The van der Waals surface area contributed by atoms with Gasteiger partial charge in [-0.1, -0.05) is 18.7 Å². The van der Waals surface area contributed by atoms with Gasteiger partial charge in [0.15, 0.2) is 0 Å². The van der Waals surface area contributed by atoms with E-state index in [0.29, 0.717) is 12.0 Å². The molecule has 0 spiro atoms. The van der Waals surface area contributed by atoms with Gasteiger partial charge >= 0.3 is 5.97 Å². The van der Waals surface area contributed by atoms with Gasteiger partial charge in [-0.3, -0.25) is 0 Å². The molecule has 0 unspecified atom stereocenters. The van der Waals surface area contributed by atoms with Gasteiger partial charge in [-0.05, 0) is 12.5 Å². The molecule has 0 saturated carbocycles. The lowest BCUT2D eigenvalue weighted by Crippen LogP contribution is -2.10. The van der Waals surface area contributed by atoms with Gasteiger partial charge in [0, 0.05) is 17.8 Å². The van der Waals surface area contributed by atoms with Crippen molar-refractivity contribution < 1.29 is 9.53 Å². The van der Waals surface area contributed by atoms with Crippen LogP contribution >= 0.6 is 0 Å². The largest absolute Gasteiger partial charge is 0.404 e. The molecule has 0 bridgehead atoms. The lowest BCUT2D eigenvalue weighted by atomic mass is 10.2. The molecule has 1 aromatic heterocycles. The van der Waals surface area contributed by atoms with Crippen molar-refractivity contribution in [2.45, 2.75) is 6.42 Å². The van der Waals surface area contributed by atoms with Crippen LogP contribution in [0.3, 0.4) is 0 Å². The molecule has 0 aliphatic carbocycles. The fraction of sp³-hybridized carbons (Fsp3) is 0.0909. The third-order valence-corrected chi connectivity index (χ3v) is 1.51. The second-order valence-corrected chi connectivity index (χ2v) is 2.65. The monoisotopic (exact) mass is 189 g/mol. The van der Waals surface area contributed by atoms with E-state index in [1.165, 1.54) is 0 Å². The van der Waals surface area contributed by atoms with Gasteiger partial charge in [0.05, 0.1) is 0 Å². The van der Waals surface area contributed by atoms with Crippen LogP contribution in [-0.4, -0.2) is 11.0 Å². The molecule has 1 aromatic rings. The van der Waals surface area contributed by atoms with E-state index in [4.69, 9.17) is 4.74 Å². The van der Waals surface area contributed by atoms with E-state index in [9.17, 15) is 4.79 Å². The molecule has 0 aliphatic rings. The van der Waals surface area contributed by atoms with Crippen molar-refractivity contribution in [1.82, 2.24) is 4.98 Å². The van der Waals surface area contributed by atoms with Crippen LogP contribution in [0.2, 0.25) is 0 Å². The molecule has 0 radical (unpaired) electrons. The smallest absolute Gasteiger partial charge is 0.340 e. The van der Waals surface area contributed by atoms with Crippen LogP contribution in [-0.2, 0) is 4.79 Å². The molecule has 0 fully saturated rings. The topological polar surface area (TPSA) is 39.2 Å². The zero-order valence-corrected chi connectivity index (χ0v) is 7.77. The second-order valence-electron chi connectivity index (χ2n) is 2.65. The number of hydrogen-bond donors (Lipinski definition) is 0. The number of hydrogen-bond acceptors (Lipinski definition) is 3. The molecule has 1 heterocycles. The summed E-state index contributed by atoms with van der Waals surface area (Å²) in [7, 11) is 0. The first kappa shape index (κ1) is 10.2. The van der Waals surface area contributed by atoms with Crippen molar-refractivity contribution in [3.63, 3.8) is 0 Å². The third kappa shape index (κ3) is 2.86. The summed E-state index contributed by atoms with van der Waals surface area (Å²) in [5.41, 5.74) is 0.366.